The maximum absolute atomic E-state index is 13.9. The lowest BCUT2D eigenvalue weighted by molar-refractivity contribution is -0.116. The Bertz CT molecular complexity index is 1290. The Hall–Kier alpha value is -2.99. The van der Waals surface area contributed by atoms with E-state index in [1.54, 1.807) is 7.05 Å². The average Bonchev–Trinajstić information content (AvgIpc) is 3.22. The minimum Gasteiger partial charge on any atom is -0.300 e. The first kappa shape index (κ1) is 19.3. The van der Waals surface area contributed by atoms with Crippen molar-refractivity contribution in [1.82, 2.24) is 24.3 Å². The third kappa shape index (κ3) is 3.56. The lowest BCUT2D eigenvalue weighted by Gasteiger charge is -2.05. The van der Waals surface area contributed by atoms with Crippen LogP contribution in [0.5, 0.6) is 0 Å². The van der Waals surface area contributed by atoms with E-state index in [0.717, 1.165) is 28.0 Å². The predicted molar refractivity (Wildman–Crippen MR) is 107 cm³/mol. The van der Waals surface area contributed by atoms with Crippen LogP contribution in [0.25, 0.3) is 22.3 Å². The van der Waals surface area contributed by atoms with E-state index < -0.39 is 23.1 Å². The number of fused-ring (bicyclic) bond motifs is 1. The lowest BCUT2D eigenvalue weighted by atomic mass is 10.1. The standard InChI is InChI=1S/C17H11BrF2N6O2S/c1-25-15-13(14(18)24-25)16(28)26(7-21-15)5-11(27)23-17-22-10(6-29-17)12-8(19)3-2-4-9(12)20/h2-4,6-7H,5H2,1H3,(H,22,23,27). The van der Waals surface area contributed by atoms with Crippen molar-refractivity contribution in [3.63, 3.8) is 0 Å². The SMILES string of the molecule is Cn1nc(Br)c2c(=O)n(CC(=O)Nc3nc(-c4c(F)cccc4F)cs3)cnc21. The molecule has 0 spiro atoms. The molecule has 1 aromatic carbocycles. The number of carbonyl (C=O) groups is 1. The highest BCUT2D eigenvalue weighted by atomic mass is 79.9. The molecule has 8 nitrogen and oxygen atoms in total. The Balaban J connectivity index is 1.55. The molecular formula is C17H11BrF2N6O2S. The Morgan fingerprint density at radius 3 is 2.76 bits per heavy atom. The molecule has 0 bridgehead atoms. The summed E-state index contributed by atoms with van der Waals surface area (Å²) in [7, 11) is 1.65. The van der Waals surface area contributed by atoms with Crippen LogP contribution in [0.2, 0.25) is 0 Å². The van der Waals surface area contributed by atoms with Gasteiger partial charge >= 0.3 is 0 Å². The second-order valence-corrected chi connectivity index (χ2v) is 7.58. The van der Waals surface area contributed by atoms with Gasteiger partial charge in [0.05, 0.1) is 11.3 Å². The van der Waals surface area contributed by atoms with Gasteiger partial charge in [0, 0.05) is 12.4 Å². The molecule has 0 saturated heterocycles. The summed E-state index contributed by atoms with van der Waals surface area (Å²) >= 11 is 4.22. The number of aryl methyl sites for hydroxylation is 1. The third-order valence-corrected chi connectivity index (χ3v) is 5.36. The summed E-state index contributed by atoms with van der Waals surface area (Å²) in [6.45, 7) is -0.313. The van der Waals surface area contributed by atoms with Crippen molar-refractivity contribution in [1.29, 1.82) is 0 Å². The molecule has 0 saturated carbocycles. The lowest BCUT2D eigenvalue weighted by Crippen LogP contribution is -2.28. The molecule has 0 fully saturated rings. The molecule has 0 aliphatic rings. The van der Waals surface area contributed by atoms with Crippen molar-refractivity contribution in [2.24, 2.45) is 7.05 Å². The molecule has 4 rings (SSSR count). The van der Waals surface area contributed by atoms with Gasteiger partial charge in [0.25, 0.3) is 5.56 Å². The van der Waals surface area contributed by atoms with Gasteiger partial charge in [-0.1, -0.05) is 6.07 Å². The first-order chi connectivity index (χ1) is 13.8. The molecule has 1 N–H and O–H groups in total. The number of anilines is 1. The van der Waals surface area contributed by atoms with E-state index in [1.807, 2.05) is 0 Å². The van der Waals surface area contributed by atoms with Crippen LogP contribution in [0.1, 0.15) is 0 Å². The van der Waals surface area contributed by atoms with Crippen LogP contribution in [0.4, 0.5) is 13.9 Å². The number of benzene rings is 1. The molecule has 3 aromatic heterocycles. The van der Waals surface area contributed by atoms with Crippen LogP contribution in [-0.4, -0.2) is 30.2 Å². The number of amides is 1. The Morgan fingerprint density at radius 2 is 2.03 bits per heavy atom. The molecule has 148 valence electrons. The molecule has 0 radical (unpaired) electrons. The van der Waals surface area contributed by atoms with Crippen LogP contribution in [0, 0.1) is 11.6 Å². The number of aromatic nitrogens is 5. The summed E-state index contributed by atoms with van der Waals surface area (Å²) < 4.78 is 30.7. The molecule has 1 amide bonds. The van der Waals surface area contributed by atoms with Gasteiger partial charge in [0.2, 0.25) is 5.91 Å². The molecule has 29 heavy (non-hydrogen) atoms. The first-order valence-corrected chi connectivity index (χ1v) is 9.80. The molecule has 0 aliphatic carbocycles. The fraction of sp³-hybridized carbons (Fsp3) is 0.118. The van der Waals surface area contributed by atoms with Gasteiger partial charge in [-0.2, -0.15) is 5.10 Å². The summed E-state index contributed by atoms with van der Waals surface area (Å²) in [5.74, 6) is -2.04. The summed E-state index contributed by atoms with van der Waals surface area (Å²) in [6, 6.07) is 3.51. The van der Waals surface area contributed by atoms with Gasteiger partial charge in [-0.15, -0.1) is 11.3 Å². The minimum absolute atomic E-state index is 0.0699. The van der Waals surface area contributed by atoms with E-state index in [1.165, 1.54) is 22.5 Å². The molecule has 0 atom stereocenters. The minimum atomic E-state index is -0.749. The number of halogens is 3. The topological polar surface area (TPSA) is 94.7 Å². The third-order valence-electron chi connectivity index (χ3n) is 4.05. The van der Waals surface area contributed by atoms with Crippen LogP contribution in [0.15, 0.2) is 39.3 Å². The number of hydrogen-bond donors (Lipinski definition) is 1. The highest BCUT2D eigenvalue weighted by molar-refractivity contribution is 9.10. The molecular weight excluding hydrogens is 470 g/mol. The van der Waals surface area contributed by atoms with E-state index >= 15 is 0 Å². The Morgan fingerprint density at radius 1 is 1.31 bits per heavy atom. The van der Waals surface area contributed by atoms with Crippen molar-refractivity contribution in [3.8, 4) is 11.3 Å². The number of nitrogens with zero attached hydrogens (tertiary/aromatic N) is 5. The second-order valence-electron chi connectivity index (χ2n) is 5.97. The van der Waals surface area contributed by atoms with E-state index in [-0.39, 0.29) is 28.3 Å². The van der Waals surface area contributed by atoms with Crippen LogP contribution in [0.3, 0.4) is 0 Å². The van der Waals surface area contributed by atoms with Crippen LogP contribution < -0.4 is 10.9 Å². The highest BCUT2D eigenvalue weighted by Gasteiger charge is 2.17. The summed E-state index contributed by atoms with van der Waals surface area (Å²) in [5, 5.41) is 8.43. The van der Waals surface area contributed by atoms with E-state index in [9.17, 15) is 18.4 Å². The maximum atomic E-state index is 13.9. The fourth-order valence-corrected chi connectivity index (χ4v) is 4.05. The van der Waals surface area contributed by atoms with Gasteiger partial charge in [0.15, 0.2) is 10.8 Å². The molecule has 0 unspecified atom stereocenters. The van der Waals surface area contributed by atoms with Crippen molar-refractivity contribution in [2.75, 3.05) is 5.32 Å². The first-order valence-electron chi connectivity index (χ1n) is 8.12. The largest absolute Gasteiger partial charge is 0.300 e. The molecule has 4 aromatic rings. The average molecular weight is 481 g/mol. The number of hydrogen-bond acceptors (Lipinski definition) is 6. The number of nitrogens with one attached hydrogen (secondary N) is 1. The van der Waals surface area contributed by atoms with E-state index in [2.05, 4.69) is 36.3 Å². The number of rotatable bonds is 4. The zero-order valence-electron chi connectivity index (χ0n) is 14.7. The van der Waals surface area contributed by atoms with Gasteiger partial charge in [0.1, 0.15) is 34.5 Å². The normalized spacial score (nSPS) is 11.2. The molecule has 3 heterocycles. The summed E-state index contributed by atoms with van der Waals surface area (Å²) in [4.78, 5) is 33.1. The smallest absolute Gasteiger partial charge is 0.266 e. The summed E-state index contributed by atoms with van der Waals surface area (Å²) in [6.07, 6.45) is 1.25. The molecule has 0 aliphatic heterocycles. The van der Waals surface area contributed by atoms with Crippen molar-refractivity contribution in [3.05, 3.63) is 56.5 Å². The number of thiazole rings is 1. The van der Waals surface area contributed by atoms with Crippen molar-refractivity contribution >= 4 is 49.3 Å². The van der Waals surface area contributed by atoms with Crippen LogP contribution in [-0.2, 0) is 18.4 Å². The monoisotopic (exact) mass is 480 g/mol. The van der Waals surface area contributed by atoms with Gasteiger partial charge in [-0.3, -0.25) is 14.2 Å². The predicted octanol–water partition coefficient (Wildman–Crippen LogP) is 2.93. The van der Waals surface area contributed by atoms with Crippen molar-refractivity contribution in [2.45, 2.75) is 6.54 Å². The zero-order chi connectivity index (χ0) is 20.7. The summed E-state index contributed by atoms with van der Waals surface area (Å²) in [5.41, 5.74) is -0.245. The van der Waals surface area contributed by atoms with Crippen LogP contribution >= 0.6 is 27.3 Å². The van der Waals surface area contributed by atoms with Gasteiger partial charge in [-0.05, 0) is 28.1 Å². The van der Waals surface area contributed by atoms with E-state index in [0.29, 0.717) is 10.3 Å². The van der Waals surface area contributed by atoms with Gasteiger partial charge < -0.3 is 5.32 Å². The highest BCUT2D eigenvalue weighted by Crippen LogP contribution is 2.29. The van der Waals surface area contributed by atoms with Gasteiger partial charge in [-0.25, -0.2) is 23.4 Å². The Kier molecular flexibility index (Phi) is 4.96. The quantitative estimate of drug-likeness (QED) is 0.484. The number of carbonyl (C=O) groups excluding carboxylic acids is 1. The second kappa shape index (κ2) is 7.44. The molecule has 12 heteroatoms. The zero-order valence-corrected chi connectivity index (χ0v) is 17.1. The van der Waals surface area contributed by atoms with Crippen molar-refractivity contribution < 1.29 is 13.6 Å². The fourth-order valence-electron chi connectivity index (χ4n) is 2.75. The maximum Gasteiger partial charge on any atom is 0.266 e. The Labute approximate surface area is 174 Å². The van der Waals surface area contributed by atoms with E-state index in [4.69, 9.17) is 0 Å².